The lowest BCUT2D eigenvalue weighted by Crippen LogP contribution is -2.47. The molecule has 2 saturated heterocycles. The molecule has 0 spiro atoms. The van der Waals surface area contributed by atoms with Crippen molar-refractivity contribution in [1.29, 1.82) is 0 Å². The van der Waals surface area contributed by atoms with Gasteiger partial charge in [0.25, 0.3) is 5.91 Å². The first kappa shape index (κ1) is 20.6. The number of rotatable bonds is 4. The number of nitrogens with zero attached hydrogens (tertiary/aromatic N) is 1. The lowest BCUT2D eigenvalue weighted by molar-refractivity contribution is -0.126. The number of benzene rings is 1. The molecule has 0 radical (unpaired) electrons. The Bertz CT molecular complexity index is 605. The zero-order valence-electron chi connectivity index (χ0n) is 14.9. The minimum absolute atomic E-state index is 0. The second-order valence-corrected chi connectivity index (χ2v) is 7.05. The van der Waals surface area contributed by atoms with Crippen LogP contribution < -0.4 is 10.6 Å². The minimum atomic E-state index is -0.357. The normalized spacial score (nSPS) is 23.0. The first-order valence-corrected chi connectivity index (χ1v) is 9.17. The average molecular weight is 384 g/mol. The maximum absolute atomic E-state index is 13.0. The number of nitrogens with one attached hydrogen (secondary N) is 2. The Morgan fingerprint density at radius 3 is 2.65 bits per heavy atom. The predicted molar refractivity (Wildman–Crippen MR) is 101 cm³/mol. The molecule has 2 unspecified atom stereocenters. The molecule has 1 aromatic carbocycles. The van der Waals surface area contributed by atoms with Gasteiger partial charge < -0.3 is 15.5 Å². The van der Waals surface area contributed by atoms with Crippen molar-refractivity contribution in [3.8, 4) is 0 Å². The van der Waals surface area contributed by atoms with Crippen LogP contribution in [0.15, 0.2) is 24.3 Å². The van der Waals surface area contributed by atoms with Gasteiger partial charge in [-0.2, -0.15) is 0 Å². The van der Waals surface area contributed by atoms with Gasteiger partial charge in [0.2, 0.25) is 5.91 Å². The number of carbonyl (C=O) groups excluding carboxylic acids is 2. The van der Waals surface area contributed by atoms with E-state index in [0.717, 1.165) is 38.8 Å². The van der Waals surface area contributed by atoms with Crippen LogP contribution in [0.25, 0.3) is 0 Å². The van der Waals surface area contributed by atoms with Gasteiger partial charge in [-0.25, -0.2) is 4.39 Å². The summed E-state index contributed by atoms with van der Waals surface area (Å²) >= 11 is 0. The molecule has 3 rings (SSSR count). The number of likely N-dealkylation sites (tertiary alicyclic amines) is 1. The zero-order valence-corrected chi connectivity index (χ0v) is 15.7. The van der Waals surface area contributed by atoms with E-state index in [-0.39, 0.29) is 36.0 Å². The maximum Gasteiger partial charge on any atom is 0.253 e. The Morgan fingerprint density at radius 1 is 1.19 bits per heavy atom. The highest BCUT2D eigenvalue weighted by Gasteiger charge is 2.29. The first-order valence-electron chi connectivity index (χ1n) is 9.17. The van der Waals surface area contributed by atoms with Crippen molar-refractivity contribution in [3.63, 3.8) is 0 Å². The fourth-order valence-electron chi connectivity index (χ4n) is 3.64. The number of piperidine rings is 2. The van der Waals surface area contributed by atoms with E-state index in [2.05, 4.69) is 10.6 Å². The van der Waals surface area contributed by atoms with E-state index in [1.165, 1.54) is 24.3 Å². The molecular weight excluding hydrogens is 357 g/mol. The topological polar surface area (TPSA) is 61.4 Å². The molecular formula is C19H27ClFN3O2. The van der Waals surface area contributed by atoms with Crippen LogP contribution >= 0.6 is 12.4 Å². The number of carbonyl (C=O) groups is 2. The number of hydrogen-bond donors (Lipinski definition) is 2. The molecule has 144 valence electrons. The third kappa shape index (κ3) is 5.42. The van der Waals surface area contributed by atoms with Crippen LogP contribution in [-0.2, 0) is 4.79 Å². The van der Waals surface area contributed by atoms with Crippen molar-refractivity contribution in [1.82, 2.24) is 15.5 Å². The van der Waals surface area contributed by atoms with Gasteiger partial charge in [0.1, 0.15) is 5.82 Å². The molecule has 2 amide bonds. The summed E-state index contributed by atoms with van der Waals surface area (Å²) in [5.74, 6) is -0.103. The minimum Gasteiger partial charge on any atom is -0.355 e. The molecule has 2 N–H and O–H groups in total. The summed E-state index contributed by atoms with van der Waals surface area (Å²) in [4.78, 5) is 26.7. The molecule has 5 nitrogen and oxygen atoms in total. The van der Waals surface area contributed by atoms with Crippen molar-refractivity contribution in [2.75, 3.05) is 32.7 Å². The molecule has 1 aromatic rings. The van der Waals surface area contributed by atoms with Gasteiger partial charge >= 0.3 is 0 Å². The molecule has 0 aliphatic carbocycles. The third-order valence-corrected chi connectivity index (χ3v) is 5.13. The Hall–Kier alpha value is -1.66. The van der Waals surface area contributed by atoms with E-state index >= 15 is 0 Å². The monoisotopic (exact) mass is 383 g/mol. The second-order valence-electron chi connectivity index (χ2n) is 7.05. The largest absolute Gasteiger partial charge is 0.355 e. The van der Waals surface area contributed by atoms with E-state index in [0.29, 0.717) is 31.1 Å². The van der Waals surface area contributed by atoms with E-state index in [9.17, 15) is 14.0 Å². The third-order valence-electron chi connectivity index (χ3n) is 5.13. The molecule has 2 aliphatic rings. The van der Waals surface area contributed by atoms with Crippen LogP contribution in [0.3, 0.4) is 0 Å². The summed E-state index contributed by atoms with van der Waals surface area (Å²) < 4.78 is 13.0. The molecule has 0 aromatic heterocycles. The van der Waals surface area contributed by atoms with Gasteiger partial charge in [0.05, 0.1) is 5.92 Å². The van der Waals surface area contributed by atoms with Gasteiger partial charge in [0, 0.05) is 25.2 Å². The highest BCUT2D eigenvalue weighted by atomic mass is 35.5. The van der Waals surface area contributed by atoms with Gasteiger partial charge in [-0.3, -0.25) is 9.59 Å². The molecule has 2 heterocycles. The summed E-state index contributed by atoms with van der Waals surface area (Å²) in [5.41, 5.74) is 0.468. The predicted octanol–water partition coefficient (Wildman–Crippen LogP) is 2.22. The van der Waals surface area contributed by atoms with Gasteiger partial charge in [0.15, 0.2) is 0 Å². The van der Waals surface area contributed by atoms with Crippen molar-refractivity contribution in [2.45, 2.75) is 25.7 Å². The Morgan fingerprint density at radius 2 is 1.96 bits per heavy atom. The summed E-state index contributed by atoms with van der Waals surface area (Å²) in [5, 5.41) is 6.41. The lowest BCUT2D eigenvalue weighted by atomic mass is 9.95. The number of hydrogen-bond acceptors (Lipinski definition) is 3. The smallest absolute Gasteiger partial charge is 0.253 e. The van der Waals surface area contributed by atoms with Gasteiger partial charge in [-0.05, 0) is 69.0 Å². The van der Waals surface area contributed by atoms with Crippen molar-refractivity contribution in [2.24, 2.45) is 11.8 Å². The van der Waals surface area contributed by atoms with Gasteiger partial charge in [-0.1, -0.05) is 0 Å². The first-order chi connectivity index (χ1) is 12.1. The van der Waals surface area contributed by atoms with E-state index in [4.69, 9.17) is 0 Å². The van der Waals surface area contributed by atoms with Crippen molar-refractivity contribution < 1.29 is 14.0 Å². The number of halogens is 2. The van der Waals surface area contributed by atoms with Crippen LogP contribution in [0.4, 0.5) is 4.39 Å². The molecule has 2 atom stereocenters. The SMILES string of the molecule is Cl.O=C(NCC1CCCNC1)C1CCCN(C(=O)c2ccc(F)cc2)C1. The maximum atomic E-state index is 13.0. The summed E-state index contributed by atoms with van der Waals surface area (Å²) in [6, 6.07) is 5.58. The zero-order chi connectivity index (χ0) is 17.6. The fraction of sp³-hybridized carbons (Fsp3) is 0.579. The average Bonchev–Trinajstić information content (AvgIpc) is 2.67. The van der Waals surface area contributed by atoms with Gasteiger partial charge in [-0.15, -0.1) is 12.4 Å². The summed E-state index contributed by atoms with van der Waals surface area (Å²) in [6.45, 7) is 3.80. The van der Waals surface area contributed by atoms with E-state index < -0.39 is 0 Å². The molecule has 0 bridgehead atoms. The molecule has 7 heteroatoms. The van der Waals surface area contributed by atoms with Crippen LogP contribution in [-0.4, -0.2) is 49.4 Å². The molecule has 2 fully saturated rings. The van der Waals surface area contributed by atoms with Crippen LogP contribution in [0.1, 0.15) is 36.0 Å². The van der Waals surface area contributed by atoms with E-state index in [1.807, 2.05) is 0 Å². The molecule has 0 saturated carbocycles. The van der Waals surface area contributed by atoms with Crippen LogP contribution in [0.5, 0.6) is 0 Å². The Labute approximate surface area is 160 Å². The van der Waals surface area contributed by atoms with E-state index in [1.54, 1.807) is 4.90 Å². The van der Waals surface area contributed by atoms with Crippen molar-refractivity contribution >= 4 is 24.2 Å². The fourth-order valence-corrected chi connectivity index (χ4v) is 3.64. The molecule has 2 aliphatic heterocycles. The Balaban J connectivity index is 0.00000243. The van der Waals surface area contributed by atoms with Crippen LogP contribution in [0, 0.1) is 17.7 Å². The van der Waals surface area contributed by atoms with Crippen molar-refractivity contribution in [3.05, 3.63) is 35.6 Å². The standard InChI is InChI=1S/C19H26FN3O2.ClH/c20-17-7-5-15(6-8-17)19(25)23-10-2-4-16(13-23)18(24)22-12-14-3-1-9-21-11-14;/h5-8,14,16,21H,1-4,9-13H2,(H,22,24);1H. The highest BCUT2D eigenvalue weighted by Crippen LogP contribution is 2.19. The highest BCUT2D eigenvalue weighted by molar-refractivity contribution is 5.94. The molecule has 26 heavy (non-hydrogen) atoms. The second kappa shape index (κ2) is 9.88. The lowest BCUT2D eigenvalue weighted by Gasteiger charge is -2.32. The van der Waals surface area contributed by atoms with Crippen LogP contribution in [0.2, 0.25) is 0 Å². The summed E-state index contributed by atoms with van der Waals surface area (Å²) in [6.07, 6.45) is 3.93. The quantitative estimate of drug-likeness (QED) is 0.838. The Kier molecular flexibility index (Phi) is 7.85. The number of amides is 2. The summed E-state index contributed by atoms with van der Waals surface area (Å²) in [7, 11) is 0.